The molecule has 0 aromatic carbocycles. The second-order valence-corrected chi connectivity index (χ2v) is 4.98. The molecule has 9 nitrogen and oxygen atoms in total. The van der Waals surface area contributed by atoms with Crippen molar-refractivity contribution >= 4 is 17.6 Å². The van der Waals surface area contributed by atoms with Gasteiger partial charge in [0.2, 0.25) is 5.82 Å². The number of rotatable bonds is 4. The molecule has 2 heterocycles. The number of hydrogen-bond acceptors (Lipinski definition) is 6. The molecule has 1 aliphatic heterocycles. The highest BCUT2D eigenvalue weighted by Crippen LogP contribution is 2.30. The number of aromatic nitrogens is 2. The van der Waals surface area contributed by atoms with E-state index in [2.05, 4.69) is 5.10 Å². The molecule has 1 aromatic rings. The van der Waals surface area contributed by atoms with Gasteiger partial charge in [0.05, 0.1) is 4.92 Å². The van der Waals surface area contributed by atoms with Crippen molar-refractivity contribution in [2.24, 2.45) is 5.73 Å². The van der Waals surface area contributed by atoms with Crippen LogP contribution in [0.25, 0.3) is 0 Å². The average Bonchev–Trinajstić information content (AvgIpc) is 2.81. The third-order valence-electron chi connectivity index (χ3n) is 3.62. The lowest BCUT2D eigenvalue weighted by Crippen LogP contribution is -2.31. The summed E-state index contributed by atoms with van der Waals surface area (Å²) in [4.78, 5) is 23.1. The number of aryl methyl sites for hydroxylation is 1. The minimum absolute atomic E-state index is 0.0873. The molecule has 1 fully saturated rings. The molecule has 1 aliphatic rings. The van der Waals surface area contributed by atoms with Crippen LogP contribution in [0.2, 0.25) is 0 Å². The normalized spacial score (nSPS) is 22.2. The Kier molecular flexibility index (Phi) is 4.78. The molecular formula is C12H18FN5O4. The van der Waals surface area contributed by atoms with Gasteiger partial charge in [-0.3, -0.25) is 10.1 Å². The highest BCUT2D eigenvalue weighted by molar-refractivity contribution is 5.65. The van der Waals surface area contributed by atoms with Gasteiger partial charge in [-0.15, -0.1) is 0 Å². The summed E-state index contributed by atoms with van der Waals surface area (Å²) < 4.78 is 20.3. The van der Waals surface area contributed by atoms with Gasteiger partial charge in [-0.05, 0) is 13.3 Å². The zero-order chi connectivity index (χ0) is 16.3. The average molecular weight is 315 g/mol. The van der Waals surface area contributed by atoms with Crippen molar-refractivity contribution in [2.45, 2.75) is 38.6 Å². The summed E-state index contributed by atoms with van der Waals surface area (Å²) in [7, 11) is 0. The Labute approximate surface area is 126 Å². The summed E-state index contributed by atoms with van der Waals surface area (Å²) in [6.45, 7) is 2.85. The predicted molar refractivity (Wildman–Crippen MR) is 75.4 cm³/mol. The predicted octanol–water partition coefficient (Wildman–Crippen LogP) is 1.21. The van der Waals surface area contributed by atoms with Crippen molar-refractivity contribution in [3.8, 4) is 0 Å². The Morgan fingerprint density at radius 1 is 1.59 bits per heavy atom. The number of ether oxygens (including phenoxy) is 1. The standard InChI is InChI=1S/C12H18FN5O4/c1-2-17-11(9(7-15-17)18(20)21)16-5-3-8(13)10(4-6-16)22-12(14)19/h7-8,10H,2-6H2,1H3,(H2,14,19). The Morgan fingerprint density at radius 3 is 2.86 bits per heavy atom. The molecule has 0 radical (unpaired) electrons. The SMILES string of the molecule is CCn1ncc([N+](=O)[O-])c1N1CCC(F)C(OC(N)=O)CC1. The first-order valence-corrected chi connectivity index (χ1v) is 6.99. The molecule has 122 valence electrons. The van der Waals surface area contributed by atoms with E-state index in [-0.39, 0.29) is 25.1 Å². The molecular weight excluding hydrogens is 297 g/mol. The largest absolute Gasteiger partial charge is 0.443 e. The number of alkyl halides is 1. The molecule has 0 aliphatic carbocycles. The van der Waals surface area contributed by atoms with Crippen LogP contribution in [0, 0.1) is 10.1 Å². The number of nitro groups is 1. The van der Waals surface area contributed by atoms with Crippen molar-refractivity contribution in [3.63, 3.8) is 0 Å². The zero-order valence-corrected chi connectivity index (χ0v) is 12.1. The third kappa shape index (κ3) is 3.26. The number of carbonyl (C=O) groups excluding carboxylic acids is 1. The molecule has 2 rings (SSSR count). The molecule has 0 saturated carbocycles. The van der Waals surface area contributed by atoms with Crippen LogP contribution in [0.3, 0.4) is 0 Å². The smallest absolute Gasteiger partial charge is 0.404 e. The zero-order valence-electron chi connectivity index (χ0n) is 12.1. The van der Waals surface area contributed by atoms with Crippen LogP contribution in [-0.4, -0.2) is 46.2 Å². The van der Waals surface area contributed by atoms with Crippen molar-refractivity contribution in [2.75, 3.05) is 18.0 Å². The summed E-state index contributed by atoms with van der Waals surface area (Å²) in [5.41, 5.74) is 4.81. The van der Waals surface area contributed by atoms with Gasteiger partial charge in [0, 0.05) is 26.1 Å². The topological polar surface area (TPSA) is 117 Å². The summed E-state index contributed by atoms with van der Waals surface area (Å²) in [6, 6.07) is 0. The molecule has 1 amide bonds. The maximum atomic E-state index is 14.0. The van der Waals surface area contributed by atoms with Crippen LogP contribution in [0.5, 0.6) is 0 Å². The van der Waals surface area contributed by atoms with E-state index in [9.17, 15) is 19.3 Å². The molecule has 22 heavy (non-hydrogen) atoms. The fourth-order valence-corrected chi connectivity index (χ4v) is 2.59. The van der Waals surface area contributed by atoms with Gasteiger partial charge in [-0.2, -0.15) is 5.10 Å². The molecule has 2 unspecified atom stereocenters. The summed E-state index contributed by atoms with van der Waals surface area (Å²) in [5.74, 6) is 0.347. The number of nitrogens with zero attached hydrogens (tertiary/aromatic N) is 4. The van der Waals surface area contributed by atoms with Crippen molar-refractivity contribution in [1.29, 1.82) is 0 Å². The summed E-state index contributed by atoms with van der Waals surface area (Å²) >= 11 is 0. The van der Waals surface area contributed by atoms with Gasteiger partial charge in [-0.1, -0.05) is 0 Å². The molecule has 1 saturated heterocycles. The maximum Gasteiger partial charge on any atom is 0.404 e. The van der Waals surface area contributed by atoms with Gasteiger partial charge < -0.3 is 15.4 Å². The van der Waals surface area contributed by atoms with E-state index < -0.39 is 23.3 Å². The quantitative estimate of drug-likeness (QED) is 0.659. The van der Waals surface area contributed by atoms with Crippen LogP contribution < -0.4 is 10.6 Å². The Hall–Kier alpha value is -2.39. The van der Waals surface area contributed by atoms with Gasteiger partial charge in [0.25, 0.3) is 0 Å². The monoisotopic (exact) mass is 315 g/mol. The fourth-order valence-electron chi connectivity index (χ4n) is 2.59. The second-order valence-electron chi connectivity index (χ2n) is 4.98. The van der Waals surface area contributed by atoms with Crippen LogP contribution in [-0.2, 0) is 11.3 Å². The number of primary amides is 1. The molecule has 2 atom stereocenters. The van der Waals surface area contributed by atoms with Crippen molar-refractivity contribution < 1.29 is 18.8 Å². The Morgan fingerprint density at radius 2 is 2.27 bits per heavy atom. The van der Waals surface area contributed by atoms with E-state index in [1.165, 1.54) is 10.9 Å². The molecule has 1 aromatic heterocycles. The van der Waals surface area contributed by atoms with Crippen LogP contribution in [0.1, 0.15) is 19.8 Å². The number of carbonyl (C=O) groups is 1. The minimum atomic E-state index is -1.35. The van der Waals surface area contributed by atoms with Crippen LogP contribution >= 0.6 is 0 Å². The van der Waals surface area contributed by atoms with Crippen LogP contribution in [0.4, 0.5) is 20.7 Å². The molecule has 10 heteroatoms. The molecule has 0 bridgehead atoms. The maximum absolute atomic E-state index is 14.0. The minimum Gasteiger partial charge on any atom is -0.443 e. The lowest BCUT2D eigenvalue weighted by Gasteiger charge is -2.22. The Bertz CT molecular complexity index is 564. The summed E-state index contributed by atoms with van der Waals surface area (Å²) in [5, 5.41) is 15.1. The number of nitrogens with two attached hydrogens (primary N) is 1. The van der Waals surface area contributed by atoms with E-state index in [0.717, 1.165) is 0 Å². The second kappa shape index (κ2) is 6.58. The number of halogens is 1. The van der Waals surface area contributed by atoms with Crippen molar-refractivity contribution in [3.05, 3.63) is 16.3 Å². The number of amides is 1. The first-order valence-electron chi connectivity index (χ1n) is 6.99. The Balaban J connectivity index is 2.22. The van der Waals surface area contributed by atoms with E-state index in [0.29, 0.717) is 18.9 Å². The summed E-state index contributed by atoms with van der Waals surface area (Å²) in [6.07, 6.45) is -1.83. The first-order chi connectivity index (χ1) is 10.4. The van der Waals surface area contributed by atoms with Gasteiger partial charge in [0.1, 0.15) is 18.5 Å². The van der Waals surface area contributed by atoms with Gasteiger partial charge in [0.15, 0.2) is 0 Å². The van der Waals surface area contributed by atoms with E-state index in [1.807, 2.05) is 6.92 Å². The lowest BCUT2D eigenvalue weighted by molar-refractivity contribution is -0.384. The van der Waals surface area contributed by atoms with E-state index >= 15 is 0 Å². The highest BCUT2D eigenvalue weighted by atomic mass is 19.1. The third-order valence-corrected chi connectivity index (χ3v) is 3.62. The molecule has 2 N–H and O–H groups in total. The van der Waals surface area contributed by atoms with Crippen LogP contribution in [0.15, 0.2) is 6.20 Å². The first kappa shape index (κ1) is 16.0. The van der Waals surface area contributed by atoms with E-state index in [4.69, 9.17) is 10.5 Å². The number of anilines is 1. The van der Waals surface area contributed by atoms with E-state index in [1.54, 1.807) is 4.90 Å². The highest BCUT2D eigenvalue weighted by Gasteiger charge is 2.33. The lowest BCUT2D eigenvalue weighted by atomic mass is 10.1. The fraction of sp³-hybridized carbons (Fsp3) is 0.667. The number of hydrogen-bond donors (Lipinski definition) is 1. The van der Waals surface area contributed by atoms with Crippen molar-refractivity contribution in [1.82, 2.24) is 9.78 Å². The van der Waals surface area contributed by atoms with Gasteiger partial charge in [-0.25, -0.2) is 13.9 Å². The molecule has 0 spiro atoms. The van der Waals surface area contributed by atoms with Gasteiger partial charge >= 0.3 is 11.8 Å².